The number of hydrogen-bond acceptors (Lipinski definition) is 4. The number of amides is 1. The van der Waals surface area contributed by atoms with E-state index in [1.54, 1.807) is 12.1 Å². The molecule has 0 saturated heterocycles. The highest BCUT2D eigenvalue weighted by atomic mass is 16.4. The average molecular weight is 273 g/mol. The lowest BCUT2D eigenvalue weighted by molar-refractivity contribution is 0.0696. The van der Waals surface area contributed by atoms with Crippen LogP contribution in [0.1, 0.15) is 26.4 Å². The molecule has 0 radical (unpaired) electrons. The van der Waals surface area contributed by atoms with Crippen molar-refractivity contribution >= 4 is 11.9 Å². The predicted octanol–water partition coefficient (Wildman–Crippen LogP) is 0.398. The minimum atomic E-state index is -1.03. The van der Waals surface area contributed by atoms with E-state index in [2.05, 4.69) is 15.3 Å². The number of aromatic nitrogens is 2. The van der Waals surface area contributed by atoms with Crippen molar-refractivity contribution in [2.45, 2.75) is 6.54 Å². The lowest BCUT2D eigenvalue weighted by Gasteiger charge is -2.05. The zero-order chi connectivity index (χ0) is 14.5. The van der Waals surface area contributed by atoms with Gasteiger partial charge in [0.1, 0.15) is 5.69 Å². The number of carbonyl (C=O) groups is 2. The van der Waals surface area contributed by atoms with Gasteiger partial charge in [0.15, 0.2) is 0 Å². The van der Waals surface area contributed by atoms with E-state index >= 15 is 0 Å². The Morgan fingerprint density at radius 3 is 2.80 bits per heavy atom. The van der Waals surface area contributed by atoms with E-state index in [0.717, 1.165) is 6.20 Å². The SMILES string of the molecule is O=C(O)c1cccc(CNC(=O)c2c[nH]c(=O)cn2)c1. The zero-order valence-electron chi connectivity index (χ0n) is 10.3. The molecule has 0 fully saturated rings. The van der Waals surface area contributed by atoms with Crippen molar-refractivity contribution < 1.29 is 14.7 Å². The molecule has 7 heteroatoms. The number of rotatable bonds is 4. The topological polar surface area (TPSA) is 112 Å². The van der Waals surface area contributed by atoms with Gasteiger partial charge in [-0.1, -0.05) is 12.1 Å². The minimum absolute atomic E-state index is 0.0824. The van der Waals surface area contributed by atoms with Crippen LogP contribution in [0.2, 0.25) is 0 Å². The number of nitrogens with one attached hydrogen (secondary N) is 2. The highest BCUT2D eigenvalue weighted by Crippen LogP contribution is 2.05. The largest absolute Gasteiger partial charge is 0.478 e. The Morgan fingerprint density at radius 2 is 2.15 bits per heavy atom. The van der Waals surface area contributed by atoms with Gasteiger partial charge in [0, 0.05) is 12.7 Å². The number of H-pyrrole nitrogens is 1. The molecule has 0 unspecified atom stereocenters. The molecule has 0 atom stereocenters. The van der Waals surface area contributed by atoms with Crippen molar-refractivity contribution in [1.82, 2.24) is 15.3 Å². The van der Waals surface area contributed by atoms with Crippen LogP contribution in [0.4, 0.5) is 0 Å². The third kappa shape index (κ3) is 3.29. The first-order valence-electron chi connectivity index (χ1n) is 5.71. The first-order chi connectivity index (χ1) is 9.56. The van der Waals surface area contributed by atoms with Crippen LogP contribution in [0.15, 0.2) is 41.5 Å². The number of aromatic carboxylic acids is 1. The summed E-state index contributed by atoms with van der Waals surface area (Å²) in [4.78, 5) is 39.4. The van der Waals surface area contributed by atoms with E-state index in [4.69, 9.17) is 5.11 Å². The Balaban J connectivity index is 2.03. The number of carboxylic acid groups (broad SMARTS) is 1. The molecule has 3 N–H and O–H groups in total. The van der Waals surface area contributed by atoms with Crippen molar-refractivity contribution in [2.24, 2.45) is 0 Å². The maximum Gasteiger partial charge on any atom is 0.335 e. The van der Waals surface area contributed by atoms with E-state index in [1.165, 1.54) is 18.3 Å². The van der Waals surface area contributed by atoms with Crippen LogP contribution in [0, 0.1) is 0 Å². The molecule has 0 saturated carbocycles. The summed E-state index contributed by atoms with van der Waals surface area (Å²) >= 11 is 0. The number of nitrogens with zero attached hydrogens (tertiary/aromatic N) is 1. The summed E-state index contributed by atoms with van der Waals surface area (Å²) in [5, 5.41) is 11.4. The lowest BCUT2D eigenvalue weighted by atomic mass is 10.1. The molecule has 0 spiro atoms. The normalized spacial score (nSPS) is 10.0. The Hall–Kier alpha value is -2.96. The van der Waals surface area contributed by atoms with Crippen molar-refractivity contribution in [3.8, 4) is 0 Å². The Morgan fingerprint density at radius 1 is 1.35 bits per heavy atom. The summed E-state index contributed by atoms with van der Waals surface area (Å²) in [6.07, 6.45) is 2.23. The molecular weight excluding hydrogens is 262 g/mol. The number of carbonyl (C=O) groups excluding carboxylic acids is 1. The molecule has 0 bridgehead atoms. The number of hydrogen-bond donors (Lipinski definition) is 3. The summed E-state index contributed by atoms with van der Waals surface area (Å²) in [5.74, 6) is -1.48. The molecule has 2 aromatic rings. The standard InChI is InChI=1S/C13H11N3O4/c17-11-7-14-10(6-15-11)12(18)16-5-8-2-1-3-9(4-8)13(19)20/h1-4,6-7H,5H2,(H,15,17)(H,16,18)(H,19,20). The molecule has 102 valence electrons. The molecule has 1 heterocycles. The van der Waals surface area contributed by atoms with Gasteiger partial charge in [-0.05, 0) is 17.7 Å². The summed E-state index contributed by atoms with van der Waals surface area (Å²) in [7, 11) is 0. The van der Waals surface area contributed by atoms with Gasteiger partial charge in [-0.25, -0.2) is 9.78 Å². The smallest absolute Gasteiger partial charge is 0.335 e. The van der Waals surface area contributed by atoms with Gasteiger partial charge in [-0.15, -0.1) is 0 Å². The molecule has 0 aliphatic carbocycles. The fraction of sp³-hybridized carbons (Fsp3) is 0.0769. The van der Waals surface area contributed by atoms with Crippen LogP contribution >= 0.6 is 0 Å². The maximum absolute atomic E-state index is 11.7. The molecule has 0 aliphatic rings. The first kappa shape index (κ1) is 13.5. The molecule has 1 aromatic carbocycles. The van der Waals surface area contributed by atoms with E-state index in [1.807, 2.05) is 0 Å². The molecule has 2 rings (SSSR count). The fourth-order valence-corrected chi connectivity index (χ4v) is 1.55. The van der Waals surface area contributed by atoms with Crippen LogP contribution in [0.5, 0.6) is 0 Å². The fourth-order valence-electron chi connectivity index (χ4n) is 1.55. The minimum Gasteiger partial charge on any atom is -0.478 e. The van der Waals surface area contributed by atoms with Crippen LogP contribution < -0.4 is 10.9 Å². The number of benzene rings is 1. The quantitative estimate of drug-likeness (QED) is 0.746. The van der Waals surface area contributed by atoms with Crippen molar-refractivity contribution in [2.75, 3.05) is 0 Å². The lowest BCUT2D eigenvalue weighted by Crippen LogP contribution is -2.25. The second kappa shape index (κ2) is 5.79. The van der Waals surface area contributed by atoms with Gasteiger partial charge in [0.05, 0.1) is 11.8 Å². The summed E-state index contributed by atoms with van der Waals surface area (Å²) in [5.41, 5.74) is 0.497. The van der Waals surface area contributed by atoms with Crippen molar-refractivity contribution in [3.63, 3.8) is 0 Å². The monoisotopic (exact) mass is 273 g/mol. The van der Waals surface area contributed by atoms with Gasteiger partial charge < -0.3 is 15.4 Å². The van der Waals surface area contributed by atoms with Crippen LogP contribution in [-0.4, -0.2) is 27.0 Å². The van der Waals surface area contributed by atoms with E-state index < -0.39 is 17.4 Å². The molecule has 7 nitrogen and oxygen atoms in total. The second-order valence-electron chi connectivity index (χ2n) is 3.98. The molecule has 20 heavy (non-hydrogen) atoms. The maximum atomic E-state index is 11.7. The summed E-state index contributed by atoms with van der Waals surface area (Å²) in [6, 6.07) is 6.25. The highest BCUT2D eigenvalue weighted by Gasteiger charge is 2.08. The third-order valence-electron chi connectivity index (χ3n) is 2.53. The molecule has 0 aliphatic heterocycles. The molecule has 1 amide bonds. The van der Waals surface area contributed by atoms with Crippen molar-refractivity contribution in [3.05, 3.63) is 63.8 Å². The van der Waals surface area contributed by atoms with Gasteiger partial charge >= 0.3 is 5.97 Å². The third-order valence-corrected chi connectivity index (χ3v) is 2.53. The van der Waals surface area contributed by atoms with E-state index in [9.17, 15) is 14.4 Å². The second-order valence-corrected chi connectivity index (χ2v) is 3.98. The van der Waals surface area contributed by atoms with E-state index in [-0.39, 0.29) is 17.8 Å². The Bertz CT molecular complexity index is 688. The summed E-state index contributed by atoms with van der Waals surface area (Å²) < 4.78 is 0. The molecule has 1 aromatic heterocycles. The first-order valence-corrected chi connectivity index (χ1v) is 5.71. The van der Waals surface area contributed by atoms with Gasteiger partial charge in [0.25, 0.3) is 11.5 Å². The molecular formula is C13H11N3O4. The van der Waals surface area contributed by atoms with Crippen LogP contribution in [0.3, 0.4) is 0 Å². The number of carboxylic acids is 1. The van der Waals surface area contributed by atoms with Gasteiger partial charge in [0.2, 0.25) is 0 Å². The Kier molecular flexibility index (Phi) is 3.90. The average Bonchev–Trinajstić information content (AvgIpc) is 2.46. The highest BCUT2D eigenvalue weighted by molar-refractivity contribution is 5.92. The van der Waals surface area contributed by atoms with Crippen LogP contribution in [-0.2, 0) is 6.54 Å². The Labute approximate surface area is 113 Å². The van der Waals surface area contributed by atoms with Gasteiger partial charge in [-0.2, -0.15) is 0 Å². The zero-order valence-corrected chi connectivity index (χ0v) is 10.3. The van der Waals surface area contributed by atoms with Crippen LogP contribution in [0.25, 0.3) is 0 Å². The summed E-state index contributed by atoms with van der Waals surface area (Å²) in [6.45, 7) is 0.167. The van der Waals surface area contributed by atoms with Gasteiger partial charge in [-0.3, -0.25) is 9.59 Å². The van der Waals surface area contributed by atoms with Crippen molar-refractivity contribution in [1.29, 1.82) is 0 Å². The van der Waals surface area contributed by atoms with E-state index in [0.29, 0.717) is 5.56 Å². The predicted molar refractivity (Wildman–Crippen MR) is 69.4 cm³/mol. The number of aromatic amines is 1.